The van der Waals surface area contributed by atoms with Gasteiger partial charge < -0.3 is 9.72 Å². The van der Waals surface area contributed by atoms with E-state index in [2.05, 4.69) is 44.5 Å². The summed E-state index contributed by atoms with van der Waals surface area (Å²) in [4.78, 5) is 18.7. The van der Waals surface area contributed by atoms with Crippen molar-refractivity contribution in [3.63, 3.8) is 0 Å². The molecule has 2 heterocycles. The van der Waals surface area contributed by atoms with Crippen LogP contribution in [0.2, 0.25) is 0 Å². The summed E-state index contributed by atoms with van der Waals surface area (Å²) >= 11 is 0. The monoisotopic (exact) mass is 486 g/mol. The number of fused-ring (bicyclic) bond motifs is 1. The molecule has 0 aliphatic heterocycles. The van der Waals surface area contributed by atoms with Gasteiger partial charge in [-0.3, -0.25) is 9.69 Å². The maximum absolute atomic E-state index is 13.2. The van der Waals surface area contributed by atoms with Crippen molar-refractivity contribution in [2.24, 2.45) is 0 Å². The lowest BCUT2D eigenvalue weighted by Gasteiger charge is -2.39. The molecule has 8 nitrogen and oxygen atoms in total. The van der Waals surface area contributed by atoms with Gasteiger partial charge in [0.05, 0.1) is 19.7 Å². The summed E-state index contributed by atoms with van der Waals surface area (Å²) in [5.74, 6) is 1.63. The minimum atomic E-state index is -0.0489. The summed E-state index contributed by atoms with van der Waals surface area (Å²) in [7, 11) is 1.66. The van der Waals surface area contributed by atoms with Crippen LogP contribution in [-0.2, 0) is 13.1 Å². The zero-order chi connectivity index (χ0) is 24.9. The zero-order valence-corrected chi connectivity index (χ0v) is 21.1. The van der Waals surface area contributed by atoms with Crippen LogP contribution in [0, 0.1) is 0 Å². The van der Waals surface area contributed by atoms with Gasteiger partial charge in [0.25, 0.3) is 5.56 Å². The number of nitrogens with one attached hydrogen (secondary N) is 1. The molecular formula is C28H34N6O2. The van der Waals surface area contributed by atoms with Crippen LogP contribution in [-0.4, -0.2) is 43.2 Å². The van der Waals surface area contributed by atoms with Crippen LogP contribution in [0.15, 0.2) is 59.4 Å². The van der Waals surface area contributed by atoms with Gasteiger partial charge in [0.15, 0.2) is 5.82 Å². The molecule has 2 aromatic carbocycles. The van der Waals surface area contributed by atoms with Crippen molar-refractivity contribution in [1.82, 2.24) is 30.1 Å². The van der Waals surface area contributed by atoms with Crippen LogP contribution in [0.5, 0.6) is 5.75 Å². The number of methoxy groups -OCH3 is 1. The highest BCUT2D eigenvalue weighted by Crippen LogP contribution is 2.33. The SMILES string of the molecule is CCC(c1nnnn1Cc1ccccc1)N(Cc1cc2cc(OC)ccc2[nH]c1=O)C1CCCCC1. The molecule has 2 aromatic heterocycles. The minimum Gasteiger partial charge on any atom is -0.497 e. The molecule has 1 saturated carbocycles. The number of H-pyrrole nitrogens is 1. The Morgan fingerprint density at radius 3 is 2.67 bits per heavy atom. The second-order valence-electron chi connectivity index (χ2n) is 9.65. The number of hydrogen-bond donors (Lipinski definition) is 1. The van der Waals surface area contributed by atoms with Crippen LogP contribution < -0.4 is 10.3 Å². The van der Waals surface area contributed by atoms with Crippen molar-refractivity contribution in [2.45, 2.75) is 70.6 Å². The lowest BCUT2D eigenvalue weighted by atomic mass is 9.92. The van der Waals surface area contributed by atoms with Gasteiger partial charge in [-0.2, -0.15) is 0 Å². The lowest BCUT2D eigenvalue weighted by molar-refractivity contribution is 0.0844. The van der Waals surface area contributed by atoms with Crippen LogP contribution in [0.25, 0.3) is 10.9 Å². The molecule has 8 heteroatoms. The average molecular weight is 487 g/mol. The lowest BCUT2D eigenvalue weighted by Crippen LogP contribution is -2.41. The Kier molecular flexibility index (Phi) is 7.41. The van der Waals surface area contributed by atoms with Crippen molar-refractivity contribution in [2.75, 3.05) is 7.11 Å². The summed E-state index contributed by atoms with van der Waals surface area (Å²) < 4.78 is 7.32. The first-order valence-corrected chi connectivity index (χ1v) is 12.9. The largest absolute Gasteiger partial charge is 0.497 e. The first-order chi connectivity index (χ1) is 17.7. The summed E-state index contributed by atoms with van der Waals surface area (Å²) in [5, 5.41) is 13.9. The van der Waals surface area contributed by atoms with E-state index in [-0.39, 0.29) is 11.6 Å². The standard InChI is InChI=1S/C28H34N6O2/c1-3-26(27-30-31-32-34(27)18-20-10-6-4-7-11-20)33(23-12-8-5-9-13-23)19-22-16-21-17-24(36-2)14-15-25(21)29-28(22)35/h4,6-7,10-11,14-17,23,26H,3,5,8-9,12-13,18-19H2,1-2H3,(H,29,35). The molecular weight excluding hydrogens is 452 g/mol. The van der Waals surface area contributed by atoms with Crippen LogP contribution in [0.4, 0.5) is 0 Å². The van der Waals surface area contributed by atoms with E-state index in [1.807, 2.05) is 47.1 Å². The highest BCUT2D eigenvalue weighted by molar-refractivity contribution is 5.80. The third kappa shape index (κ3) is 5.18. The number of ether oxygens (including phenoxy) is 1. The number of aromatic amines is 1. The average Bonchev–Trinajstić information content (AvgIpc) is 3.37. The van der Waals surface area contributed by atoms with Crippen LogP contribution in [0.3, 0.4) is 0 Å². The molecule has 0 radical (unpaired) electrons. The Balaban J connectivity index is 1.51. The number of benzene rings is 2. The highest BCUT2D eigenvalue weighted by Gasteiger charge is 2.32. The Bertz CT molecular complexity index is 1340. The van der Waals surface area contributed by atoms with Gasteiger partial charge in [0, 0.05) is 29.1 Å². The number of aromatic nitrogens is 5. The summed E-state index contributed by atoms with van der Waals surface area (Å²) in [6.07, 6.45) is 6.77. The van der Waals surface area contributed by atoms with Crippen LogP contribution in [0.1, 0.15) is 68.4 Å². The Hall–Kier alpha value is -3.52. The fourth-order valence-electron chi connectivity index (χ4n) is 5.46. The van der Waals surface area contributed by atoms with E-state index in [9.17, 15) is 4.79 Å². The van der Waals surface area contributed by atoms with Gasteiger partial charge in [0.2, 0.25) is 0 Å². The molecule has 188 valence electrons. The number of tetrazole rings is 1. The molecule has 0 bridgehead atoms. The van der Waals surface area contributed by atoms with E-state index in [0.29, 0.717) is 19.1 Å². The Morgan fingerprint density at radius 1 is 1.11 bits per heavy atom. The van der Waals surface area contributed by atoms with Crippen molar-refractivity contribution in [3.8, 4) is 5.75 Å². The molecule has 1 atom stereocenters. The first kappa shape index (κ1) is 24.2. The van der Waals surface area contributed by atoms with Crippen molar-refractivity contribution in [3.05, 3.63) is 81.9 Å². The van der Waals surface area contributed by atoms with E-state index in [1.165, 1.54) is 19.3 Å². The van der Waals surface area contributed by atoms with Gasteiger partial charge >= 0.3 is 0 Å². The second-order valence-corrected chi connectivity index (χ2v) is 9.65. The van der Waals surface area contributed by atoms with Gasteiger partial charge in [-0.1, -0.05) is 56.5 Å². The third-order valence-corrected chi connectivity index (χ3v) is 7.34. The van der Waals surface area contributed by atoms with Crippen molar-refractivity contribution < 1.29 is 4.74 Å². The smallest absolute Gasteiger partial charge is 0.252 e. The second kappa shape index (κ2) is 11.0. The topological polar surface area (TPSA) is 88.9 Å². The number of pyridine rings is 1. The Labute approximate surface area is 211 Å². The molecule has 0 spiro atoms. The molecule has 1 aliphatic carbocycles. The van der Waals surface area contributed by atoms with Crippen LogP contribution >= 0.6 is 0 Å². The predicted molar refractivity (Wildman–Crippen MR) is 140 cm³/mol. The molecule has 0 saturated heterocycles. The van der Waals surface area contributed by atoms with E-state index in [1.54, 1.807) is 7.11 Å². The van der Waals surface area contributed by atoms with Gasteiger partial charge in [0.1, 0.15) is 5.75 Å². The van der Waals surface area contributed by atoms with E-state index in [4.69, 9.17) is 4.74 Å². The third-order valence-electron chi connectivity index (χ3n) is 7.34. The van der Waals surface area contributed by atoms with E-state index >= 15 is 0 Å². The summed E-state index contributed by atoms with van der Waals surface area (Å²) in [6.45, 7) is 3.34. The fourth-order valence-corrected chi connectivity index (χ4v) is 5.46. The van der Waals surface area contributed by atoms with Crippen molar-refractivity contribution >= 4 is 10.9 Å². The molecule has 5 rings (SSSR count). The van der Waals surface area contributed by atoms with Gasteiger partial charge in [-0.25, -0.2) is 4.68 Å². The number of hydrogen-bond acceptors (Lipinski definition) is 6. The Morgan fingerprint density at radius 2 is 1.92 bits per heavy atom. The molecule has 1 unspecified atom stereocenters. The molecule has 1 fully saturated rings. The fraction of sp³-hybridized carbons (Fsp3) is 0.429. The number of rotatable bonds is 9. The number of nitrogens with zero attached hydrogens (tertiary/aromatic N) is 5. The maximum atomic E-state index is 13.2. The molecule has 4 aromatic rings. The highest BCUT2D eigenvalue weighted by atomic mass is 16.5. The first-order valence-electron chi connectivity index (χ1n) is 12.9. The molecule has 1 N–H and O–H groups in total. The van der Waals surface area contributed by atoms with Gasteiger partial charge in [-0.15, -0.1) is 5.10 Å². The van der Waals surface area contributed by atoms with E-state index < -0.39 is 0 Å². The van der Waals surface area contributed by atoms with Gasteiger partial charge in [-0.05, 0) is 59.5 Å². The normalized spacial score (nSPS) is 15.4. The predicted octanol–water partition coefficient (Wildman–Crippen LogP) is 4.86. The maximum Gasteiger partial charge on any atom is 0.252 e. The molecule has 36 heavy (non-hydrogen) atoms. The van der Waals surface area contributed by atoms with E-state index in [0.717, 1.165) is 52.9 Å². The minimum absolute atomic E-state index is 0.00668. The summed E-state index contributed by atoms with van der Waals surface area (Å²) in [5.41, 5.74) is 2.67. The summed E-state index contributed by atoms with van der Waals surface area (Å²) in [6, 6.07) is 18.4. The molecule has 0 amide bonds. The molecule has 1 aliphatic rings. The zero-order valence-electron chi connectivity index (χ0n) is 21.1. The van der Waals surface area contributed by atoms with Crippen molar-refractivity contribution in [1.29, 1.82) is 0 Å². The quantitative estimate of drug-likeness (QED) is 0.364.